The maximum atomic E-state index is 4.12. The summed E-state index contributed by atoms with van der Waals surface area (Å²) >= 11 is 0. The molecule has 1 aromatic rings. The Morgan fingerprint density at radius 1 is 1.50 bits per heavy atom. The van der Waals surface area contributed by atoms with Crippen molar-refractivity contribution in [2.75, 3.05) is 18.0 Å². The maximum Gasteiger partial charge on any atom is 0.0401 e. The van der Waals surface area contributed by atoms with E-state index in [1.165, 1.54) is 18.8 Å². The molecule has 0 spiro atoms. The Bertz CT molecular complexity index is 241. The Morgan fingerprint density at radius 3 is 2.90 bits per heavy atom. The highest BCUT2D eigenvalue weighted by Gasteiger charge is 2.17. The van der Waals surface area contributed by atoms with Crippen molar-refractivity contribution < 1.29 is 0 Å². The lowest BCUT2D eigenvalue weighted by atomic mass is 10.3. The summed E-state index contributed by atoms with van der Waals surface area (Å²) < 4.78 is 0. The van der Waals surface area contributed by atoms with Gasteiger partial charge in [0.05, 0.1) is 0 Å². The van der Waals surface area contributed by atoms with Crippen LogP contribution in [0.3, 0.4) is 0 Å². The van der Waals surface area contributed by atoms with Gasteiger partial charge in [0.1, 0.15) is 0 Å². The molecule has 0 unspecified atom stereocenters. The van der Waals surface area contributed by atoms with Crippen molar-refractivity contribution in [3.8, 4) is 0 Å². The quantitative estimate of drug-likeness (QED) is 0.536. The number of nitrogens with zero attached hydrogens (tertiary/aromatic N) is 2. The van der Waals surface area contributed by atoms with E-state index < -0.39 is 0 Å². The zero-order valence-electron chi connectivity index (χ0n) is 6.04. The molecule has 2 nitrogen and oxygen atoms in total. The van der Waals surface area contributed by atoms with Crippen LogP contribution >= 0.6 is 0 Å². The number of hydrogen-bond acceptors (Lipinski definition) is 2. The fraction of sp³-hybridized carbons (Fsp3) is 0.375. The Labute approximate surface area is 60.5 Å². The molecule has 1 aliphatic heterocycles. The molecule has 0 amide bonds. The largest absolute Gasteiger partial charge is 0.368 e. The van der Waals surface area contributed by atoms with Crippen LogP contribution in [0.2, 0.25) is 0 Å². The molecule has 1 aliphatic rings. The number of aromatic nitrogens is 1. The fourth-order valence-electron chi connectivity index (χ4n) is 1.04. The van der Waals surface area contributed by atoms with Crippen LogP contribution in [0.4, 0.5) is 5.69 Å². The van der Waals surface area contributed by atoms with E-state index in [0.717, 1.165) is 5.69 Å². The molecule has 2 rings (SSSR count). The zero-order valence-corrected chi connectivity index (χ0v) is 6.04. The van der Waals surface area contributed by atoms with Gasteiger partial charge in [0, 0.05) is 30.7 Å². The Kier molecular flexibility index (Phi) is 1.13. The second-order valence-electron chi connectivity index (χ2n) is 2.64. The lowest BCUT2D eigenvalue weighted by molar-refractivity contribution is 1.19. The van der Waals surface area contributed by atoms with Gasteiger partial charge in [-0.05, 0) is 19.1 Å². The predicted octanol–water partition coefficient (Wildman–Crippen LogP) is 1.21. The van der Waals surface area contributed by atoms with E-state index >= 15 is 0 Å². The van der Waals surface area contributed by atoms with E-state index in [1.807, 2.05) is 13.1 Å². The first kappa shape index (κ1) is 5.71. The Balaban J connectivity index is 2.32. The predicted molar refractivity (Wildman–Crippen MR) is 41.2 cm³/mol. The summed E-state index contributed by atoms with van der Waals surface area (Å²) in [5, 5.41) is 0. The molecular formula is C8H10N2. The fourth-order valence-corrected chi connectivity index (χ4v) is 1.04. The molecule has 0 bridgehead atoms. The SMILES string of the molecule is Cc1cc(N2CC2)ccn1. The lowest BCUT2D eigenvalue weighted by Gasteiger charge is -2.00. The molecule has 0 atom stereocenters. The van der Waals surface area contributed by atoms with E-state index in [9.17, 15) is 0 Å². The van der Waals surface area contributed by atoms with Crippen LogP contribution < -0.4 is 4.90 Å². The van der Waals surface area contributed by atoms with Crippen molar-refractivity contribution in [3.05, 3.63) is 24.0 Å². The lowest BCUT2D eigenvalue weighted by Crippen LogP contribution is -1.91. The summed E-state index contributed by atoms with van der Waals surface area (Å²) in [6.07, 6.45) is 1.86. The van der Waals surface area contributed by atoms with Gasteiger partial charge in [0.15, 0.2) is 0 Å². The molecule has 0 saturated carbocycles. The number of aryl methyl sites for hydroxylation is 1. The van der Waals surface area contributed by atoms with Crippen LogP contribution in [0, 0.1) is 6.92 Å². The van der Waals surface area contributed by atoms with Crippen molar-refractivity contribution in [1.82, 2.24) is 4.98 Å². The summed E-state index contributed by atoms with van der Waals surface area (Å²) in [7, 11) is 0. The standard InChI is InChI=1S/C8H10N2/c1-7-6-8(2-3-9-7)10-4-5-10/h2-3,6H,4-5H2,1H3. The molecule has 0 N–H and O–H groups in total. The molecular weight excluding hydrogens is 124 g/mol. The molecule has 0 aliphatic carbocycles. The van der Waals surface area contributed by atoms with Crippen molar-refractivity contribution in [1.29, 1.82) is 0 Å². The number of anilines is 1. The summed E-state index contributed by atoms with van der Waals surface area (Å²) in [5.41, 5.74) is 2.41. The molecule has 2 heteroatoms. The number of rotatable bonds is 1. The highest BCUT2D eigenvalue weighted by atomic mass is 15.3. The highest BCUT2D eigenvalue weighted by molar-refractivity contribution is 5.51. The van der Waals surface area contributed by atoms with E-state index in [4.69, 9.17) is 0 Å². The normalized spacial score (nSPS) is 15.5. The van der Waals surface area contributed by atoms with Crippen LogP contribution in [0.1, 0.15) is 5.69 Å². The molecule has 0 radical (unpaired) electrons. The zero-order chi connectivity index (χ0) is 6.97. The average molecular weight is 134 g/mol. The summed E-state index contributed by atoms with van der Waals surface area (Å²) in [5.74, 6) is 0. The second-order valence-corrected chi connectivity index (χ2v) is 2.64. The second kappa shape index (κ2) is 1.97. The highest BCUT2D eigenvalue weighted by Crippen LogP contribution is 2.19. The van der Waals surface area contributed by atoms with Gasteiger partial charge in [-0.3, -0.25) is 4.98 Å². The van der Waals surface area contributed by atoms with Crippen LogP contribution in [0.15, 0.2) is 18.3 Å². The third-order valence-corrected chi connectivity index (χ3v) is 1.69. The minimum atomic E-state index is 1.10. The average Bonchev–Trinajstić information content (AvgIpc) is 2.68. The summed E-state index contributed by atoms with van der Waals surface area (Å²) in [4.78, 5) is 6.44. The van der Waals surface area contributed by atoms with Crippen molar-refractivity contribution in [3.63, 3.8) is 0 Å². The van der Waals surface area contributed by atoms with E-state index in [-0.39, 0.29) is 0 Å². The monoisotopic (exact) mass is 134 g/mol. The van der Waals surface area contributed by atoms with E-state index in [2.05, 4.69) is 22.0 Å². The van der Waals surface area contributed by atoms with Gasteiger partial charge in [-0.1, -0.05) is 0 Å². The molecule has 0 aromatic carbocycles. The van der Waals surface area contributed by atoms with Gasteiger partial charge in [0.25, 0.3) is 0 Å². The summed E-state index contributed by atoms with van der Waals surface area (Å²) in [6.45, 7) is 4.44. The van der Waals surface area contributed by atoms with Crippen molar-refractivity contribution in [2.24, 2.45) is 0 Å². The van der Waals surface area contributed by atoms with Gasteiger partial charge in [-0.15, -0.1) is 0 Å². The van der Waals surface area contributed by atoms with Gasteiger partial charge in [-0.2, -0.15) is 0 Å². The van der Waals surface area contributed by atoms with Crippen LogP contribution in [-0.4, -0.2) is 18.1 Å². The van der Waals surface area contributed by atoms with Crippen LogP contribution in [0.25, 0.3) is 0 Å². The Morgan fingerprint density at radius 2 is 2.30 bits per heavy atom. The third kappa shape index (κ3) is 0.967. The minimum Gasteiger partial charge on any atom is -0.368 e. The third-order valence-electron chi connectivity index (χ3n) is 1.69. The van der Waals surface area contributed by atoms with E-state index in [1.54, 1.807) is 0 Å². The molecule has 1 fully saturated rings. The molecule has 1 aromatic heterocycles. The maximum absolute atomic E-state index is 4.12. The first-order valence-corrected chi connectivity index (χ1v) is 3.54. The topological polar surface area (TPSA) is 15.9 Å². The smallest absolute Gasteiger partial charge is 0.0401 e. The van der Waals surface area contributed by atoms with Gasteiger partial charge in [-0.25, -0.2) is 0 Å². The number of hydrogen-bond donors (Lipinski definition) is 0. The molecule has 2 heterocycles. The van der Waals surface area contributed by atoms with E-state index in [0.29, 0.717) is 0 Å². The van der Waals surface area contributed by atoms with Crippen LogP contribution in [0.5, 0.6) is 0 Å². The first-order valence-electron chi connectivity index (χ1n) is 3.54. The molecule has 52 valence electrons. The van der Waals surface area contributed by atoms with Crippen LogP contribution in [-0.2, 0) is 0 Å². The minimum absolute atomic E-state index is 1.10. The molecule has 1 saturated heterocycles. The van der Waals surface area contributed by atoms with Crippen molar-refractivity contribution in [2.45, 2.75) is 6.92 Å². The van der Waals surface area contributed by atoms with Gasteiger partial charge < -0.3 is 4.90 Å². The van der Waals surface area contributed by atoms with Gasteiger partial charge >= 0.3 is 0 Å². The van der Waals surface area contributed by atoms with Gasteiger partial charge in [0.2, 0.25) is 0 Å². The molecule has 10 heavy (non-hydrogen) atoms. The Hall–Kier alpha value is -1.05. The first-order chi connectivity index (χ1) is 4.86. The van der Waals surface area contributed by atoms with Crippen molar-refractivity contribution >= 4 is 5.69 Å². The summed E-state index contributed by atoms with van der Waals surface area (Å²) in [6, 6.07) is 4.17. The number of pyridine rings is 1.